The molecule has 6 heteroatoms. The SMILES string of the molecule is COc1ccc(OC)c(C(=O)Nc2ncccc2N)c1. The number of nitrogens with two attached hydrogens (primary N) is 1. The van der Waals surface area contributed by atoms with Crippen LogP contribution >= 0.6 is 0 Å². The maximum atomic E-state index is 12.3. The average Bonchev–Trinajstić information content (AvgIpc) is 2.48. The number of hydrogen-bond donors (Lipinski definition) is 2. The van der Waals surface area contributed by atoms with Gasteiger partial charge < -0.3 is 20.5 Å². The highest BCUT2D eigenvalue weighted by Crippen LogP contribution is 2.25. The number of pyridine rings is 1. The Bertz CT molecular complexity index is 629. The zero-order chi connectivity index (χ0) is 14.5. The van der Waals surface area contributed by atoms with Gasteiger partial charge in [-0.2, -0.15) is 0 Å². The van der Waals surface area contributed by atoms with Gasteiger partial charge in [0.05, 0.1) is 25.5 Å². The minimum atomic E-state index is -0.369. The maximum absolute atomic E-state index is 12.3. The van der Waals surface area contributed by atoms with Crippen LogP contribution in [0.25, 0.3) is 0 Å². The highest BCUT2D eigenvalue weighted by molar-refractivity contribution is 6.07. The van der Waals surface area contributed by atoms with Gasteiger partial charge in [0.15, 0.2) is 5.82 Å². The van der Waals surface area contributed by atoms with Crippen LogP contribution in [0.2, 0.25) is 0 Å². The van der Waals surface area contributed by atoms with Crippen LogP contribution in [0.15, 0.2) is 36.5 Å². The molecule has 2 rings (SSSR count). The van der Waals surface area contributed by atoms with Crippen molar-refractivity contribution in [2.45, 2.75) is 0 Å². The van der Waals surface area contributed by atoms with E-state index in [0.29, 0.717) is 28.6 Å². The number of benzene rings is 1. The van der Waals surface area contributed by atoms with E-state index in [2.05, 4.69) is 10.3 Å². The summed E-state index contributed by atoms with van der Waals surface area (Å²) in [4.78, 5) is 16.3. The summed E-state index contributed by atoms with van der Waals surface area (Å²) in [6.45, 7) is 0. The van der Waals surface area contributed by atoms with Gasteiger partial charge in [-0.15, -0.1) is 0 Å². The monoisotopic (exact) mass is 273 g/mol. The molecule has 0 saturated carbocycles. The summed E-state index contributed by atoms with van der Waals surface area (Å²) in [6, 6.07) is 8.32. The van der Waals surface area contributed by atoms with Gasteiger partial charge in [0.1, 0.15) is 11.5 Å². The van der Waals surface area contributed by atoms with Crippen LogP contribution in [0, 0.1) is 0 Å². The van der Waals surface area contributed by atoms with E-state index >= 15 is 0 Å². The molecule has 0 aliphatic rings. The fraction of sp³-hybridized carbons (Fsp3) is 0.143. The molecule has 0 fully saturated rings. The van der Waals surface area contributed by atoms with Crippen LogP contribution in [0.1, 0.15) is 10.4 Å². The van der Waals surface area contributed by atoms with Crippen LogP contribution in [-0.4, -0.2) is 25.1 Å². The van der Waals surface area contributed by atoms with E-state index in [4.69, 9.17) is 15.2 Å². The lowest BCUT2D eigenvalue weighted by Crippen LogP contribution is -2.15. The molecule has 0 radical (unpaired) electrons. The molecule has 1 heterocycles. The Morgan fingerprint density at radius 3 is 2.70 bits per heavy atom. The van der Waals surface area contributed by atoms with Gasteiger partial charge in [0.25, 0.3) is 5.91 Å². The molecular formula is C14H15N3O3. The molecule has 0 atom stereocenters. The van der Waals surface area contributed by atoms with Gasteiger partial charge in [-0.25, -0.2) is 4.98 Å². The van der Waals surface area contributed by atoms with Crippen LogP contribution in [0.3, 0.4) is 0 Å². The largest absolute Gasteiger partial charge is 0.497 e. The molecule has 2 aromatic rings. The molecule has 1 amide bonds. The number of carbonyl (C=O) groups is 1. The van der Waals surface area contributed by atoms with Crippen molar-refractivity contribution in [3.8, 4) is 11.5 Å². The molecule has 0 unspecified atom stereocenters. The smallest absolute Gasteiger partial charge is 0.260 e. The van der Waals surface area contributed by atoms with Crippen LogP contribution in [0.5, 0.6) is 11.5 Å². The second kappa shape index (κ2) is 5.92. The normalized spacial score (nSPS) is 9.90. The summed E-state index contributed by atoms with van der Waals surface area (Å²) in [5.74, 6) is 0.941. The summed E-state index contributed by atoms with van der Waals surface area (Å²) in [5.41, 5.74) is 6.48. The van der Waals surface area contributed by atoms with E-state index in [1.165, 1.54) is 14.2 Å². The summed E-state index contributed by atoms with van der Waals surface area (Å²) >= 11 is 0. The van der Waals surface area contributed by atoms with Crippen molar-refractivity contribution in [3.63, 3.8) is 0 Å². The third-order valence-electron chi connectivity index (χ3n) is 2.72. The molecule has 1 aromatic heterocycles. The Labute approximate surface area is 116 Å². The number of ether oxygens (including phenoxy) is 2. The second-order valence-electron chi connectivity index (χ2n) is 3.96. The van der Waals surface area contributed by atoms with Gasteiger partial charge >= 0.3 is 0 Å². The number of hydrogen-bond acceptors (Lipinski definition) is 5. The van der Waals surface area contributed by atoms with E-state index in [1.54, 1.807) is 36.5 Å². The minimum absolute atomic E-state index is 0.308. The summed E-state index contributed by atoms with van der Waals surface area (Å²) < 4.78 is 10.3. The first-order valence-corrected chi connectivity index (χ1v) is 5.89. The van der Waals surface area contributed by atoms with Crippen molar-refractivity contribution in [2.24, 2.45) is 0 Å². The third-order valence-corrected chi connectivity index (χ3v) is 2.72. The zero-order valence-electron chi connectivity index (χ0n) is 11.2. The van der Waals surface area contributed by atoms with Crippen molar-refractivity contribution in [3.05, 3.63) is 42.1 Å². The summed E-state index contributed by atoms with van der Waals surface area (Å²) in [7, 11) is 3.02. The van der Waals surface area contributed by atoms with E-state index < -0.39 is 0 Å². The molecule has 0 saturated heterocycles. The fourth-order valence-corrected chi connectivity index (χ4v) is 1.69. The Balaban J connectivity index is 2.31. The number of nitrogens with zero attached hydrogens (tertiary/aromatic N) is 1. The Kier molecular flexibility index (Phi) is 4.05. The van der Waals surface area contributed by atoms with Gasteiger partial charge in [-0.3, -0.25) is 4.79 Å². The topological polar surface area (TPSA) is 86.5 Å². The van der Waals surface area contributed by atoms with E-state index in [9.17, 15) is 4.79 Å². The lowest BCUT2D eigenvalue weighted by molar-refractivity contribution is 0.102. The third kappa shape index (κ3) is 2.80. The molecule has 104 valence electrons. The lowest BCUT2D eigenvalue weighted by atomic mass is 10.1. The Hall–Kier alpha value is -2.76. The highest BCUT2D eigenvalue weighted by atomic mass is 16.5. The van der Waals surface area contributed by atoms with Crippen molar-refractivity contribution in [2.75, 3.05) is 25.3 Å². The van der Waals surface area contributed by atoms with Crippen LogP contribution < -0.4 is 20.5 Å². The first-order valence-electron chi connectivity index (χ1n) is 5.89. The van der Waals surface area contributed by atoms with Gasteiger partial charge in [0, 0.05) is 6.20 Å². The molecule has 3 N–H and O–H groups in total. The number of rotatable bonds is 4. The molecule has 20 heavy (non-hydrogen) atoms. The van der Waals surface area contributed by atoms with Crippen LogP contribution in [-0.2, 0) is 0 Å². The number of nitrogens with one attached hydrogen (secondary N) is 1. The first kappa shape index (κ1) is 13.7. The van der Waals surface area contributed by atoms with Crippen LogP contribution in [0.4, 0.5) is 11.5 Å². The van der Waals surface area contributed by atoms with Crippen molar-refractivity contribution >= 4 is 17.4 Å². The molecule has 1 aromatic carbocycles. The second-order valence-corrected chi connectivity index (χ2v) is 3.96. The quantitative estimate of drug-likeness (QED) is 0.889. The Morgan fingerprint density at radius 2 is 2.05 bits per heavy atom. The van der Waals surface area contributed by atoms with E-state index in [-0.39, 0.29) is 5.91 Å². The van der Waals surface area contributed by atoms with Gasteiger partial charge in [0.2, 0.25) is 0 Å². The highest BCUT2D eigenvalue weighted by Gasteiger charge is 2.15. The predicted molar refractivity (Wildman–Crippen MR) is 76.1 cm³/mol. The standard InChI is InChI=1S/C14H15N3O3/c1-19-9-5-6-12(20-2)10(8-9)14(18)17-13-11(15)4-3-7-16-13/h3-8H,15H2,1-2H3,(H,16,17,18). The Morgan fingerprint density at radius 1 is 1.25 bits per heavy atom. The van der Waals surface area contributed by atoms with Crippen molar-refractivity contribution in [1.82, 2.24) is 4.98 Å². The van der Waals surface area contributed by atoms with Crippen molar-refractivity contribution in [1.29, 1.82) is 0 Å². The van der Waals surface area contributed by atoms with Gasteiger partial charge in [-0.05, 0) is 30.3 Å². The number of nitrogen functional groups attached to an aromatic ring is 1. The van der Waals surface area contributed by atoms with E-state index in [0.717, 1.165) is 0 Å². The molecular weight excluding hydrogens is 258 g/mol. The summed E-state index contributed by atoms with van der Waals surface area (Å²) in [6.07, 6.45) is 1.55. The number of aromatic nitrogens is 1. The molecule has 0 spiro atoms. The minimum Gasteiger partial charge on any atom is -0.497 e. The zero-order valence-corrected chi connectivity index (χ0v) is 11.2. The van der Waals surface area contributed by atoms with E-state index in [1.807, 2.05) is 0 Å². The fourth-order valence-electron chi connectivity index (χ4n) is 1.69. The lowest BCUT2D eigenvalue weighted by Gasteiger charge is -2.11. The molecule has 0 bridgehead atoms. The molecule has 6 nitrogen and oxygen atoms in total. The summed E-state index contributed by atoms with van der Waals surface area (Å²) in [5, 5.41) is 2.64. The number of anilines is 2. The molecule has 0 aliphatic heterocycles. The predicted octanol–water partition coefficient (Wildman–Crippen LogP) is 1.93. The average molecular weight is 273 g/mol. The number of carbonyl (C=O) groups excluding carboxylic acids is 1. The maximum Gasteiger partial charge on any atom is 0.260 e. The van der Waals surface area contributed by atoms with Crippen molar-refractivity contribution < 1.29 is 14.3 Å². The first-order chi connectivity index (χ1) is 9.65. The van der Waals surface area contributed by atoms with Gasteiger partial charge in [-0.1, -0.05) is 0 Å². The number of methoxy groups -OCH3 is 2. The molecule has 0 aliphatic carbocycles. The number of amides is 1.